The Morgan fingerprint density at radius 1 is 1.43 bits per heavy atom. The fraction of sp³-hybridized carbons (Fsp3) is 0.200. The summed E-state index contributed by atoms with van der Waals surface area (Å²) in [6.45, 7) is 4.45. The summed E-state index contributed by atoms with van der Waals surface area (Å²) in [6.07, 6.45) is 1.51. The molecule has 0 atom stereocenters. The minimum Gasteiger partial charge on any atom is -0.455 e. The predicted octanol–water partition coefficient (Wildman–Crippen LogP) is 2.98. The average molecular weight is 332 g/mol. The quantitative estimate of drug-likeness (QED) is 0.378. The number of hydrazone groups is 1. The molecule has 1 aromatic heterocycles. The maximum absolute atomic E-state index is 10.8. The molecule has 0 spiro atoms. The molecule has 0 aliphatic heterocycles. The van der Waals surface area contributed by atoms with Crippen molar-refractivity contribution in [2.75, 3.05) is 6.54 Å². The third kappa shape index (κ3) is 4.36. The molecule has 0 amide bonds. The second kappa shape index (κ2) is 7.50. The number of nitro benzene ring substituents is 1. The summed E-state index contributed by atoms with van der Waals surface area (Å²) < 4.78 is 5.67. The number of rotatable bonds is 5. The molecule has 0 aliphatic carbocycles. The Hall–Kier alpha value is -2.74. The Labute approximate surface area is 138 Å². The summed E-state index contributed by atoms with van der Waals surface area (Å²) in [6, 6.07) is 8.19. The zero-order chi connectivity index (χ0) is 16.8. The van der Waals surface area contributed by atoms with Gasteiger partial charge in [-0.3, -0.25) is 15.5 Å². The summed E-state index contributed by atoms with van der Waals surface area (Å²) >= 11 is 4.98. The van der Waals surface area contributed by atoms with E-state index in [4.69, 9.17) is 16.6 Å². The second-order valence-electron chi connectivity index (χ2n) is 4.69. The number of thiocarbonyl (C=S) groups is 1. The molecule has 1 heterocycles. The van der Waals surface area contributed by atoms with Gasteiger partial charge in [-0.25, -0.2) is 0 Å². The first-order chi connectivity index (χ1) is 11.0. The summed E-state index contributed by atoms with van der Waals surface area (Å²) in [5.74, 6) is 1.16. The van der Waals surface area contributed by atoms with Crippen LogP contribution in [0.15, 0.2) is 39.9 Å². The van der Waals surface area contributed by atoms with Crippen molar-refractivity contribution in [1.82, 2.24) is 10.7 Å². The number of furan rings is 1. The van der Waals surface area contributed by atoms with Crippen molar-refractivity contribution >= 4 is 29.2 Å². The molecule has 0 aliphatic rings. The van der Waals surface area contributed by atoms with Gasteiger partial charge in [-0.05, 0) is 49.8 Å². The van der Waals surface area contributed by atoms with Crippen LogP contribution in [-0.4, -0.2) is 22.8 Å². The summed E-state index contributed by atoms with van der Waals surface area (Å²) in [5, 5.41) is 18.1. The van der Waals surface area contributed by atoms with E-state index in [0.717, 1.165) is 11.1 Å². The van der Waals surface area contributed by atoms with E-state index >= 15 is 0 Å². The molecule has 0 saturated carbocycles. The van der Waals surface area contributed by atoms with E-state index in [1.54, 1.807) is 25.1 Å². The van der Waals surface area contributed by atoms with Crippen molar-refractivity contribution in [3.8, 4) is 11.3 Å². The van der Waals surface area contributed by atoms with E-state index in [-0.39, 0.29) is 5.69 Å². The number of aryl methyl sites for hydroxylation is 1. The molecular formula is C15H16N4O3S. The number of non-ortho nitro benzene ring substituents is 1. The van der Waals surface area contributed by atoms with Crippen LogP contribution in [0.2, 0.25) is 0 Å². The first-order valence-electron chi connectivity index (χ1n) is 6.93. The Bertz CT molecular complexity index is 755. The van der Waals surface area contributed by atoms with E-state index in [0.29, 0.717) is 23.2 Å². The van der Waals surface area contributed by atoms with Crippen LogP contribution in [0.4, 0.5) is 5.69 Å². The lowest BCUT2D eigenvalue weighted by atomic mass is 10.1. The lowest BCUT2D eigenvalue weighted by molar-refractivity contribution is -0.384. The van der Waals surface area contributed by atoms with Crippen LogP contribution in [0, 0.1) is 17.0 Å². The minimum absolute atomic E-state index is 0.0562. The van der Waals surface area contributed by atoms with Crippen molar-refractivity contribution < 1.29 is 9.34 Å². The average Bonchev–Trinajstić information content (AvgIpc) is 2.96. The van der Waals surface area contributed by atoms with Gasteiger partial charge in [0, 0.05) is 24.2 Å². The fourth-order valence-electron chi connectivity index (χ4n) is 1.96. The highest BCUT2D eigenvalue weighted by molar-refractivity contribution is 7.80. The van der Waals surface area contributed by atoms with Gasteiger partial charge in [0.15, 0.2) is 5.11 Å². The monoisotopic (exact) mass is 332 g/mol. The minimum atomic E-state index is -0.421. The van der Waals surface area contributed by atoms with E-state index < -0.39 is 4.92 Å². The molecule has 0 unspecified atom stereocenters. The molecule has 0 saturated heterocycles. The van der Waals surface area contributed by atoms with Gasteiger partial charge in [0.25, 0.3) is 5.69 Å². The van der Waals surface area contributed by atoms with Gasteiger partial charge in [0.05, 0.1) is 11.1 Å². The molecule has 0 fully saturated rings. The summed E-state index contributed by atoms with van der Waals surface area (Å²) in [4.78, 5) is 10.3. The third-order valence-electron chi connectivity index (χ3n) is 3.01. The Balaban J connectivity index is 2.11. The molecule has 120 valence electrons. The molecular weight excluding hydrogens is 316 g/mol. The van der Waals surface area contributed by atoms with E-state index in [2.05, 4.69) is 15.8 Å². The zero-order valence-electron chi connectivity index (χ0n) is 12.7. The number of nitrogens with one attached hydrogen (secondary N) is 2. The van der Waals surface area contributed by atoms with Crippen LogP contribution in [0.1, 0.15) is 18.2 Å². The van der Waals surface area contributed by atoms with Crippen molar-refractivity contribution in [2.45, 2.75) is 13.8 Å². The Kier molecular flexibility index (Phi) is 5.42. The molecule has 8 heteroatoms. The maximum atomic E-state index is 10.8. The summed E-state index contributed by atoms with van der Waals surface area (Å²) in [5.41, 5.74) is 4.29. The van der Waals surface area contributed by atoms with E-state index in [1.807, 2.05) is 6.92 Å². The van der Waals surface area contributed by atoms with Gasteiger partial charge in [-0.1, -0.05) is 0 Å². The second-order valence-corrected chi connectivity index (χ2v) is 5.10. The molecule has 0 radical (unpaired) electrons. The zero-order valence-corrected chi connectivity index (χ0v) is 13.5. The predicted molar refractivity (Wildman–Crippen MR) is 92.5 cm³/mol. The maximum Gasteiger partial charge on any atom is 0.269 e. The topological polar surface area (TPSA) is 92.7 Å². The molecule has 0 bridgehead atoms. The van der Waals surface area contributed by atoms with Gasteiger partial charge >= 0.3 is 0 Å². The highest BCUT2D eigenvalue weighted by atomic mass is 32.1. The summed E-state index contributed by atoms with van der Waals surface area (Å²) in [7, 11) is 0. The van der Waals surface area contributed by atoms with Crippen molar-refractivity contribution in [1.29, 1.82) is 0 Å². The molecule has 2 N–H and O–H groups in total. The van der Waals surface area contributed by atoms with Gasteiger partial charge in [0.1, 0.15) is 11.5 Å². The number of nitrogens with zero attached hydrogens (tertiary/aromatic N) is 2. The van der Waals surface area contributed by atoms with Crippen molar-refractivity contribution in [3.05, 3.63) is 51.8 Å². The molecule has 7 nitrogen and oxygen atoms in total. The van der Waals surface area contributed by atoms with E-state index in [1.165, 1.54) is 18.3 Å². The standard InChI is InChI=1S/C15H16N4O3S/c1-3-16-15(23)18-17-9-12-5-7-14(22-12)13-6-4-11(19(20)21)8-10(13)2/h4-9H,3H2,1-2H3,(H2,16,18,23)/b17-9+. The highest BCUT2D eigenvalue weighted by Crippen LogP contribution is 2.28. The normalized spacial score (nSPS) is 10.7. The van der Waals surface area contributed by atoms with Crippen LogP contribution in [0.3, 0.4) is 0 Å². The van der Waals surface area contributed by atoms with Crippen LogP contribution in [0.25, 0.3) is 11.3 Å². The molecule has 23 heavy (non-hydrogen) atoms. The number of nitro groups is 1. The highest BCUT2D eigenvalue weighted by Gasteiger charge is 2.11. The number of hydrogen-bond acceptors (Lipinski definition) is 5. The molecule has 2 aromatic rings. The Morgan fingerprint density at radius 2 is 2.22 bits per heavy atom. The molecule has 1 aromatic carbocycles. The SMILES string of the molecule is CCNC(=S)N/N=C/c1ccc(-c2ccc([N+](=O)[O-])cc2C)o1. The van der Waals surface area contributed by atoms with Crippen LogP contribution >= 0.6 is 12.2 Å². The third-order valence-corrected chi connectivity index (χ3v) is 3.24. The van der Waals surface area contributed by atoms with Gasteiger partial charge in [-0.15, -0.1) is 0 Å². The largest absolute Gasteiger partial charge is 0.455 e. The van der Waals surface area contributed by atoms with Crippen molar-refractivity contribution in [3.63, 3.8) is 0 Å². The Morgan fingerprint density at radius 3 is 2.87 bits per heavy atom. The van der Waals surface area contributed by atoms with Gasteiger partial charge in [0.2, 0.25) is 0 Å². The fourth-order valence-corrected chi connectivity index (χ4v) is 2.16. The number of benzene rings is 1. The number of hydrogen-bond donors (Lipinski definition) is 2. The van der Waals surface area contributed by atoms with Crippen LogP contribution in [0.5, 0.6) is 0 Å². The van der Waals surface area contributed by atoms with E-state index in [9.17, 15) is 10.1 Å². The van der Waals surface area contributed by atoms with Crippen LogP contribution < -0.4 is 10.7 Å². The van der Waals surface area contributed by atoms with Crippen LogP contribution in [-0.2, 0) is 0 Å². The lowest BCUT2D eigenvalue weighted by Crippen LogP contribution is -2.31. The first-order valence-corrected chi connectivity index (χ1v) is 7.34. The lowest BCUT2D eigenvalue weighted by Gasteiger charge is -2.02. The van der Waals surface area contributed by atoms with Gasteiger partial charge < -0.3 is 9.73 Å². The molecule has 2 rings (SSSR count). The van der Waals surface area contributed by atoms with Gasteiger partial charge in [-0.2, -0.15) is 5.10 Å². The smallest absolute Gasteiger partial charge is 0.269 e. The van der Waals surface area contributed by atoms with Crippen molar-refractivity contribution in [2.24, 2.45) is 5.10 Å². The first kappa shape index (κ1) is 16.6.